The molecule has 3 saturated heterocycles. The fourth-order valence-corrected chi connectivity index (χ4v) is 5.21. The predicted octanol–water partition coefficient (Wildman–Crippen LogP) is 3.44. The Morgan fingerprint density at radius 2 is 1.91 bits per heavy atom. The van der Waals surface area contributed by atoms with Crippen LogP contribution in [-0.2, 0) is 9.53 Å². The van der Waals surface area contributed by atoms with Crippen LogP contribution in [0.5, 0.6) is 5.75 Å². The van der Waals surface area contributed by atoms with Crippen molar-refractivity contribution in [1.29, 1.82) is 0 Å². The molecule has 3 fully saturated rings. The number of nitrogens with zero attached hydrogens (tertiary/aromatic N) is 4. The highest BCUT2D eigenvalue weighted by Crippen LogP contribution is 2.33. The van der Waals surface area contributed by atoms with Gasteiger partial charge in [0.15, 0.2) is 11.6 Å². The molecule has 0 N–H and O–H groups in total. The first-order valence-corrected chi connectivity index (χ1v) is 11.8. The van der Waals surface area contributed by atoms with Gasteiger partial charge < -0.3 is 24.1 Å². The summed E-state index contributed by atoms with van der Waals surface area (Å²) in [5.41, 5.74) is 1.12. The smallest absolute Gasteiger partial charge is 0.227 e. The van der Waals surface area contributed by atoms with Crippen molar-refractivity contribution in [2.75, 3.05) is 49.2 Å². The average molecular weight is 455 g/mol. The molecule has 5 rings (SSSR count). The minimum absolute atomic E-state index is 0.0356. The molecular formula is C25H31FN4O3. The van der Waals surface area contributed by atoms with Gasteiger partial charge in [-0.3, -0.25) is 0 Å². The van der Waals surface area contributed by atoms with E-state index in [1.165, 1.54) is 6.20 Å². The van der Waals surface area contributed by atoms with E-state index in [1.807, 2.05) is 29.2 Å². The van der Waals surface area contributed by atoms with Crippen LogP contribution in [0.15, 0.2) is 30.5 Å². The molecule has 0 spiro atoms. The Kier molecular flexibility index (Phi) is 6.19. The number of hydrogen-bond donors (Lipinski definition) is 0. The largest absolute Gasteiger partial charge is 0.489 e. The quantitative estimate of drug-likeness (QED) is 0.635. The molecule has 1 aromatic carbocycles. The summed E-state index contributed by atoms with van der Waals surface area (Å²) in [6.07, 6.45) is 2.59. The van der Waals surface area contributed by atoms with Crippen molar-refractivity contribution in [3.05, 3.63) is 41.8 Å². The van der Waals surface area contributed by atoms with Crippen LogP contribution >= 0.6 is 0 Å². The predicted molar refractivity (Wildman–Crippen MR) is 123 cm³/mol. The Hall–Kier alpha value is -2.74. The summed E-state index contributed by atoms with van der Waals surface area (Å²) in [4.78, 5) is 24.3. The number of ketones is 1. The molecule has 3 aliphatic rings. The van der Waals surface area contributed by atoms with Gasteiger partial charge in [-0.25, -0.2) is 9.37 Å². The highest BCUT2D eigenvalue weighted by molar-refractivity contribution is 5.76. The van der Waals surface area contributed by atoms with E-state index in [1.54, 1.807) is 6.92 Å². The van der Waals surface area contributed by atoms with Crippen molar-refractivity contribution in [2.24, 2.45) is 11.8 Å². The molecular weight excluding hydrogens is 423 g/mol. The zero-order chi connectivity index (χ0) is 22.9. The number of fused-ring (bicyclic) bond motifs is 1. The third-order valence-electron chi connectivity index (χ3n) is 7.03. The van der Waals surface area contributed by atoms with Gasteiger partial charge in [-0.1, -0.05) is 19.1 Å². The lowest BCUT2D eigenvalue weighted by atomic mass is 9.96. The minimum Gasteiger partial charge on any atom is -0.489 e. The van der Waals surface area contributed by atoms with Gasteiger partial charge in [0.2, 0.25) is 5.95 Å². The second kappa shape index (κ2) is 9.25. The Balaban J connectivity index is 1.21. The van der Waals surface area contributed by atoms with Gasteiger partial charge in [0, 0.05) is 44.3 Å². The lowest BCUT2D eigenvalue weighted by Gasteiger charge is -2.22. The van der Waals surface area contributed by atoms with E-state index in [4.69, 9.17) is 9.47 Å². The molecule has 3 aliphatic heterocycles. The van der Waals surface area contributed by atoms with E-state index in [9.17, 15) is 9.18 Å². The summed E-state index contributed by atoms with van der Waals surface area (Å²) in [6, 6.07) is 7.93. The fraction of sp³-hybridized carbons (Fsp3) is 0.560. The van der Waals surface area contributed by atoms with Crippen LogP contribution in [0.1, 0.15) is 38.2 Å². The molecule has 1 aromatic heterocycles. The van der Waals surface area contributed by atoms with Crippen LogP contribution in [0.2, 0.25) is 0 Å². The number of carbonyl (C=O) groups is 1. The zero-order valence-corrected chi connectivity index (χ0v) is 19.2. The molecule has 2 unspecified atom stereocenters. The SMILES string of the molecule is CC(=O)C[C@@H](C)c1ccc(O[C@@H]2CCN(c3nc(N4CC5COCC5C4)ncc3F)C2)cc1. The summed E-state index contributed by atoms with van der Waals surface area (Å²) in [6.45, 7) is 8.24. The molecule has 33 heavy (non-hydrogen) atoms. The molecule has 4 heterocycles. The van der Waals surface area contributed by atoms with E-state index in [-0.39, 0.29) is 17.8 Å². The van der Waals surface area contributed by atoms with Crippen LogP contribution < -0.4 is 14.5 Å². The van der Waals surface area contributed by atoms with Crippen LogP contribution in [0, 0.1) is 17.7 Å². The highest BCUT2D eigenvalue weighted by Gasteiger charge is 2.38. The number of carbonyl (C=O) groups excluding carboxylic acids is 1. The number of hydrogen-bond acceptors (Lipinski definition) is 7. The van der Waals surface area contributed by atoms with Crippen molar-refractivity contribution >= 4 is 17.5 Å². The summed E-state index contributed by atoms with van der Waals surface area (Å²) >= 11 is 0. The maximum absolute atomic E-state index is 14.6. The van der Waals surface area contributed by atoms with Crippen LogP contribution in [-0.4, -0.2) is 61.2 Å². The second-order valence-corrected chi connectivity index (χ2v) is 9.65. The van der Waals surface area contributed by atoms with E-state index >= 15 is 0 Å². The van der Waals surface area contributed by atoms with Crippen molar-refractivity contribution in [2.45, 2.75) is 38.7 Å². The van der Waals surface area contributed by atoms with Crippen molar-refractivity contribution in [3.63, 3.8) is 0 Å². The molecule has 0 bridgehead atoms. The number of anilines is 2. The van der Waals surface area contributed by atoms with Gasteiger partial charge in [0.05, 0.1) is 26.0 Å². The standard InChI is InChI=1S/C25H31FN4O3/c1-16(9-17(2)31)18-3-5-21(6-4-18)33-22-7-8-29(13-22)24-23(26)10-27-25(28-24)30-11-19-14-32-15-20(19)12-30/h3-6,10,16,19-20,22H,7-9,11-15H2,1-2H3/t16-,19?,20?,22-/m1/s1. The Bertz CT molecular complexity index is 990. The molecule has 0 aliphatic carbocycles. The molecule has 0 amide bonds. The van der Waals surface area contributed by atoms with Crippen molar-refractivity contribution in [1.82, 2.24) is 9.97 Å². The van der Waals surface area contributed by atoms with Gasteiger partial charge in [0.1, 0.15) is 17.6 Å². The number of ether oxygens (including phenoxy) is 2. The summed E-state index contributed by atoms with van der Waals surface area (Å²) in [7, 11) is 0. The molecule has 176 valence electrons. The topological polar surface area (TPSA) is 67.8 Å². The normalized spacial score (nSPS) is 25.4. The monoisotopic (exact) mass is 454 g/mol. The first-order chi connectivity index (χ1) is 16.0. The van der Waals surface area contributed by atoms with Crippen LogP contribution in [0.4, 0.5) is 16.2 Å². The zero-order valence-electron chi connectivity index (χ0n) is 19.2. The number of Topliss-reactive ketones (excluding diaryl/α,β-unsaturated/α-hetero) is 1. The molecule has 0 radical (unpaired) electrons. The number of rotatable bonds is 7. The molecule has 7 nitrogen and oxygen atoms in total. The van der Waals surface area contributed by atoms with E-state index in [2.05, 4.69) is 21.8 Å². The van der Waals surface area contributed by atoms with E-state index < -0.39 is 5.82 Å². The van der Waals surface area contributed by atoms with Crippen molar-refractivity contribution < 1.29 is 18.7 Å². The maximum atomic E-state index is 14.6. The van der Waals surface area contributed by atoms with Gasteiger partial charge in [-0.2, -0.15) is 4.98 Å². The second-order valence-electron chi connectivity index (χ2n) is 9.65. The van der Waals surface area contributed by atoms with E-state index in [0.29, 0.717) is 43.1 Å². The molecule has 4 atom stereocenters. The third-order valence-corrected chi connectivity index (χ3v) is 7.03. The Labute approximate surface area is 193 Å². The summed E-state index contributed by atoms with van der Waals surface area (Å²) in [5.74, 6) is 2.76. The van der Waals surface area contributed by atoms with Gasteiger partial charge in [-0.15, -0.1) is 0 Å². The number of aromatic nitrogens is 2. The Morgan fingerprint density at radius 3 is 2.61 bits per heavy atom. The molecule has 8 heteroatoms. The first kappa shape index (κ1) is 22.1. The maximum Gasteiger partial charge on any atom is 0.227 e. The van der Waals surface area contributed by atoms with Gasteiger partial charge in [0.25, 0.3) is 0 Å². The van der Waals surface area contributed by atoms with E-state index in [0.717, 1.165) is 44.0 Å². The van der Waals surface area contributed by atoms with Crippen LogP contribution in [0.25, 0.3) is 0 Å². The first-order valence-electron chi connectivity index (χ1n) is 11.8. The summed E-state index contributed by atoms with van der Waals surface area (Å²) in [5, 5.41) is 0. The molecule has 2 aromatic rings. The number of halogens is 1. The van der Waals surface area contributed by atoms with Crippen molar-refractivity contribution in [3.8, 4) is 5.75 Å². The fourth-order valence-electron chi connectivity index (χ4n) is 5.21. The lowest BCUT2D eigenvalue weighted by Crippen LogP contribution is -2.28. The number of benzene rings is 1. The Morgan fingerprint density at radius 1 is 1.18 bits per heavy atom. The average Bonchev–Trinajstić information content (AvgIpc) is 3.51. The molecule has 0 saturated carbocycles. The van der Waals surface area contributed by atoms with Crippen LogP contribution in [0.3, 0.4) is 0 Å². The lowest BCUT2D eigenvalue weighted by molar-refractivity contribution is -0.117. The van der Waals surface area contributed by atoms with Gasteiger partial charge in [-0.05, 0) is 30.5 Å². The minimum atomic E-state index is -0.397. The van der Waals surface area contributed by atoms with Gasteiger partial charge >= 0.3 is 0 Å². The highest BCUT2D eigenvalue weighted by atomic mass is 19.1. The third kappa shape index (κ3) is 4.81. The summed E-state index contributed by atoms with van der Waals surface area (Å²) < 4.78 is 26.3.